The van der Waals surface area contributed by atoms with Crippen molar-refractivity contribution in [2.24, 2.45) is 0 Å². The van der Waals surface area contributed by atoms with Crippen LogP contribution in [0, 0.1) is 11.3 Å². The Morgan fingerprint density at radius 1 is 0.962 bits per heavy atom. The Kier molecular flexibility index (Phi) is 4.97. The third-order valence-corrected chi connectivity index (χ3v) is 4.31. The van der Waals surface area contributed by atoms with Crippen molar-refractivity contribution in [1.29, 1.82) is 5.26 Å². The minimum atomic E-state index is 0.296. The minimum absolute atomic E-state index is 0.296. The predicted molar refractivity (Wildman–Crippen MR) is 101 cm³/mol. The van der Waals surface area contributed by atoms with Gasteiger partial charge in [-0.25, -0.2) is 4.98 Å². The third-order valence-electron chi connectivity index (χ3n) is 4.06. The first-order valence-electron chi connectivity index (χ1n) is 7.81. The van der Waals surface area contributed by atoms with E-state index < -0.39 is 0 Å². The lowest BCUT2D eigenvalue weighted by Gasteiger charge is -2.11. The number of ether oxygens (including phenoxy) is 2. The number of pyridine rings is 1. The van der Waals surface area contributed by atoms with Crippen LogP contribution in [0.1, 0.15) is 5.56 Å². The minimum Gasteiger partial charge on any atom is -0.493 e. The predicted octanol–water partition coefficient (Wildman–Crippen LogP) is 3.96. The van der Waals surface area contributed by atoms with Gasteiger partial charge in [-0.2, -0.15) is 5.26 Å². The zero-order valence-electron chi connectivity index (χ0n) is 14.3. The molecule has 2 aromatic carbocycles. The van der Waals surface area contributed by atoms with E-state index in [1.54, 1.807) is 32.4 Å². The summed E-state index contributed by atoms with van der Waals surface area (Å²) in [4.78, 5) is 3.08. The van der Waals surface area contributed by atoms with E-state index in [-0.39, 0.29) is 0 Å². The van der Waals surface area contributed by atoms with E-state index in [1.807, 2.05) is 30.3 Å². The summed E-state index contributed by atoms with van der Waals surface area (Å²) in [5.41, 5.74) is 9.67. The highest BCUT2D eigenvalue weighted by Crippen LogP contribution is 2.35. The maximum absolute atomic E-state index is 9.56. The van der Waals surface area contributed by atoms with Crippen molar-refractivity contribution in [2.75, 3.05) is 20.0 Å². The first-order valence-corrected chi connectivity index (χ1v) is 8.19. The van der Waals surface area contributed by atoms with Crippen LogP contribution in [0.15, 0.2) is 48.5 Å². The number of halogens is 1. The summed E-state index contributed by atoms with van der Waals surface area (Å²) in [6, 6.07) is 16.9. The van der Waals surface area contributed by atoms with Crippen molar-refractivity contribution < 1.29 is 14.5 Å². The molecule has 0 aliphatic rings. The van der Waals surface area contributed by atoms with Gasteiger partial charge in [-0.1, -0.05) is 17.7 Å². The number of benzene rings is 2. The molecule has 3 N–H and O–H groups in total. The van der Waals surface area contributed by atoms with Crippen LogP contribution in [0.25, 0.3) is 22.4 Å². The highest BCUT2D eigenvalue weighted by molar-refractivity contribution is 6.30. The van der Waals surface area contributed by atoms with E-state index in [1.165, 1.54) is 0 Å². The summed E-state index contributed by atoms with van der Waals surface area (Å²) >= 11 is 5.96. The van der Waals surface area contributed by atoms with Crippen LogP contribution in [-0.4, -0.2) is 14.2 Å². The number of hydrogen-bond donors (Lipinski definition) is 1. The van der Waals surface area contributed by atoms with Crippen molar-refractivity contribution in [3.8, 4) is 40.0 Å². The van der Waals surface area contributed by atoms with Gasteiger partial charge < -0.3 is 9.47 Å². The second-order valence-corrected chi connectivity index (χ2v) is 6.01. The number of nitrogen functional groups attached to an aromatic ring is 1. The van der Waals surface area contributed by atoms with Gasteiger partial charge in [0.05, 0.1) is 14.2 Å². The van der Waals surface area contributed by atoms with Gasteiger partial charge in [0, 0.05) is 16.1 Å². The van der Waals surface area contributed by atoms with Crippen molar-refractivity contribution >= 4 is 17.4 Å². The Hall–Kier alpha value is -3.23. The number of nitrogens with zero attached hydrogens (tertiary/aromatic N) is 1. The maximum Gasteiger partial charge on any atom is 0.289 e. The SMILES string of the molecule is COc1ccc(-c2cc(-c3ccc(Cl)cc3)[nH+]c(N)c2C#N)cc1OC. The molecule has 0 fully saturated rings. The van der Waals surface area contributed by atoms with Crippen LogP contribution in [-0.2, 0) is 0 Å². The fourth-order valence-electron chi connectivity index (χ4n) is 2.74. The molecule has 1 aromatic heterocycles. The molecule has 0 amide bonds. The molecule has 0 radical (unpaired) electrons. The van der Waals surface area contributed by atoms with Gasteiger partial charge in [-0.3, -0.25) is 5.73 Å². The van der Waals surface area contributed by atoms with E-state index in [2.05, 4.69) is 11.1 Å². The molecule has 1 heterocycles. The van der Waals surface area contributed by atoms with Gasteiger partial charge >= 0.3 is 0 Å². The summed E-state index contributed by atoms with van der Waals surface area (Å²) in [6.45, 7) is 0. The first-order chi connectivity index (χ1) is 12.6. The van der Waals surface area contributed by atoms with Crippen LogP contribution >= 0.6 is 11.6 Å². The number of nitrogens with two attached hydrogens (primary N) is 1. The zero-order chi connectivity index (χ0) is 18.7. The summed E-state index contributed by atoms with van der Waals surface area (Å²) in [7, 11) is 3.14. The van der Waals surface area contributed by atoms with E-state index >= 15 is 0 Å². The third kappa shape index (κ3) is 3.28. The molecule has 0 unspecified atom stereocenters. The van der Waals surface area contributed by atoms with Gasteiger partial charge in [0.2, 0.25) is 0 Å². The lowest BCUT2D eigenvalue weighted by Crippen LogP contribution is -2.16. The van der Waals surface area contributed by atoms with Gasteiger partial charge in [0.25, 0.3) is 5.82 Å². The summed E-state index contributed by atoms with van der Waals surface area (Å²) in [5.74, 6) is 1.49. The standard InChI is InChI=1S/C20H16ClN3O2/c1-25-18-8-5-13(9-19(18)26-2)15-10-17(24-20(23)16(15)11-22)12-3-6-14(21)7-4-12/h3-10H,1-2H3,(H2,23,24)/p+1. The average molecular weight is 367 g/mol. The van der Waals surface area contributed by atoms with Crippen LogP contribution in [0.5, 0.6) is 11.5 Å². The Bertz CT molecular complexity index is 995. The van der Waals surface area contributed by atoms with Gasteiger partial charge in [0.1, 0.15) is 17.3 Å². The fourth-order valence-corrected chi connectivity index (χ4v) is 2.87. The molecule has 6 heteroatoms. The quantitative estimate of drug-likeness (QED) is 0.757. The topological polar surface area (TPSA) is 82.4 Å². The molecule has 0 atom stereocenters. The number of hydrogen-bond acceptors (Lipinski definition) is 4. The summed E-state index contributed by atoms with van der Waals surface area (Å²) in [6.07, 6.45) is 0. The lowest BCUT2D eigenvalue weighted by molar-refractivity contribution is -0.346. The number of methoxy groups -OCH3 is 2. The Labute approximate surface area is 156 Å². The number of anilines is 1. The van der Waals surface area contributed by atoms with Crippen LogP contribution in [0.4, 0.5) is 5.82 Å². The molecule has 3 rings (SSSR count). The second-order valence-electron chi connectivity index (χ2n) is 5.57. The van der Waals surface area contributed by atoms with Gasteiger partial charge in [-0.15, -0.1) is 0 Å². The Morgan fingerprint density at radius 3 is 2.23 bits per heavy atom. The van der Waals surface area contributed by atoms with Crippen molar-refractivity contribution in [3.63, 3.8) is 0 Å². The molecule has 0 saturated carbocycles. The highest BCUT2D eigenvalue weighted by atomic mass is 35.5. The lowest BCUT2D eigenvalue weighted by atomic mass is 9.98. The monoisotopic (exact) mass is 366 g/mol. The first kappa shape index (κ1) is 17.6. The van der Waals surface area contributed by atoms with Crippen molar-refractivity contribution in [1.82, 2.24) is 0 Å². The second kappa shape index (κ2) is 7.34. The number of rotatable bonds is 4. The van der Waals surface area contributed by atoms with E-state index in [0.717, 1.165) is 16.8 Å². The maximum atomic E-state index is 9.56. The van der Waals surface area contributed by atoms with Gasteiger partial charge in [0.15, 0.2) is 11.5 Å². The number of H-pyrrole nitrogens is 1. The zero-order valence-corrected chi connectivity index (χ0v) is 15.1. The molecular formula is C20H17ClN3O2+. The Morgan fingerprint density at radius 2 is 1.62 bits per heavy atom. The molecule has 0 bridgehead atoms. The molecule has 0 spiro atoms. The molecule has 0 saturated heterocycles. The van der Waals surface area contributed by atoms with Crippen LogP contribution in [0.3, 0.4) is 0 Å². The number of aromatic nitrogens is 1. The molecule has 0 aliphatic carbocycles. The van der Waals surface area contributed by atoms with Crippen LogP contribution in [0.2, 0.25) is 5.02 Å². The normalized spacial score (nSPS) is 10.2. The van der Waals surface area contributed by atoms with E-state index in [4.69, 9.17) is 26.8 Å². The van der Waals surface area contributed by atoms with Gasteiger partial charge in [-0.05, 0) is 48.0 Å². The van der Waals surface area contributed by atoms with E-state index in [0.29, 0.717) is 33.5 Å². The molecule has 26 heavy (non-hydrogen) atoms. The Balaban J connectivity index is 2.20. The molecule has 0 aliphatic heterocycles. The number of aromatic amines is 1. The largest absolute Gasteiger partial charge is 0.493 e. The highest BCUT2D eigenvalue weighted by Gasteiger charge is 2.18. The van der Waals surface area contributed by atoms with E-state index in [9.17, 15) is 5.26 Å². The summed E-state index contributed by atoms with van der Waals surface area (Å²) in [5, 5.41) is 10.2. The summed E-state index contributed by atoms with van der Waals surface area (Å²) < 4.78 is 10.6. The average Bonchev–Trinajstić information content (AvgIpc) is 2.67. The number of nitrogens with one attached hydrogen (secondary N) is 1. The molecule has 5 nitrogen and oxygen atoms in total. The molecular weight excluding hydrogens is 350 g/mol. The van der Waals surface area contributed by atoms with Crippen molar-refractivity contribution in [2.45, 2.75) is 0 Å². The fraction of sp³-hybridized carbons (Fsp3) is 0.100. The van der Waals surface area contributed by atoms with Crippen molar-refractivity contribution in [3.05, 3.63) is 59.1 Å². The smallest absolute Gasteiger partial charge is 0.289 e. The molecule has 130 valence electrons. The van der Waals surface area contributed by atoms with Crippen LogP contribution < -0.4 is 20.2 Å². The number of nitriles is 1. The molecule has 3 aromatic rings.